The van der Waals surface area contributed by atoms with Gasteiger partial charge < -0.3 is 19.5 Å². The summed E-state index contributed by atoms with van der Waals surface area (Å²) in [5.41, 5.74) is 0.521. The molecule has 0 radical (unpaired) electrons. The Balaban J connectivity index is 2.04. The van der Waals surface area contributed by atoms with E-state index in [4.69, 9.17) is 9.26 Å². The molecule has 146 valence electrons. The van der Waals surface area contributed by atoms with Gasteiger partial charge in [0.25, 0.3) is 5.91 Å². The Morgan fingerprint density at radius 3 is 2.56 bits per heavy atom. The second kappa shape index (κ2) is 10.4. The van der Waals surface area contributed by atoms with Gasteiger partial charge in [0.05, 0.1) is 6.61 Å². The molecule has 0 saturated carbocycles. The first kappa shape index (κ1) is 20.5. The zero-order valence-electron chi connectivity index (χ0n) is 16.1. The molecular weight excluding hydrogens is 346 g/mol. The van der Waals surface area contributed by atoms with Crippen molar-refractivity contribution in [1.29, 1.82) is 0 Å². The van der Waals surface area contributed by atoms with E-state index in [1.807, 2.05) is 13.8 Å². The molecule has 1 N–H and O–H groups in total. The molecule has 1 heterocycles. The zero-order chi connectivity index (χ0) is 19.6. The lowest BCUT2D eigenvalue weighted by Crippen LogP contribution is -2.43. The van der Waals surface area contributed by atoms with Crippen molar-refractivity contribution >= 4 is 17.6 Å². The van der Waals surface area contributed by atoms with E-state index in [0.717, 1.165) is 25.0 Å². The van der Waals surface area contributed by atoms with Gasteiger partial charge in [-0.05, 0) is 44.0 Å². The number of rotatable bonds is 10. The predicted octanol–water partition coefficient (Wildman–Crippen LogP) is 3.73. The molecule has 7 nitrogen and oxygen atoms in total. The van der Waals surface area contributed by atoms with Gasteiger partial charge in [0, 0.05) is 17.7 Å². The van der Waals surface area contributed by atoms with Crippen LogP contribution in [0.2, 0.25) is 0 Å². The fraction of sp³-hybridized carbons (Fsp3) is 0.450. The molecule has 0 aliphatic heterocycles. The number of aromatic nitrogens is 1. The van der Waals surface area contributed by atoms with E-state index in [-0.39, 0.29) is 24.4 Å². The average Bonchev–Trinajstić information content (AvgIpc) is 3.18. The molecule has 0 fully saturated rings. The molecule has 0 bridgehead atoms. The van der Waals surface area contributed by atoms with Crippen LogP contribution in [0, 0.1) is 0 Å². The number of benzene rings is 1. The Hall–Kier alpha value is -2.83. The molecule has 2 rings (SSSR count). The van der Waals surface area contributed by atoms with Gasteiger partial charge in [-0.25, -0.2) is 0 Å². The van der Waals surface area contributed by atoms with Crippen molar-refractivity contribution in [3.05, 3.63) is 42.2 Å². The Kier molecular flexibility index (Phi) is 7.85. The fourth-order valence-corrected chi connectivity index (χ4v) is 2.46. The summed E-state index contributed by atoms with van der Waals surface area (Å²) < 4.78 is 10.3. The molecule has 1 aromatic carbocycles. The van der Waals surface area contributed by atoms with Crippen LogP contribution in [0.3, 0.4) is 0 Å². The van der Waals surface area contributed by atoms with Crippen molar-refractivity contribution in [3.8, 4) is 5.75 Å². The van der Waals surface area contributed by atoms with Gasteiger partial charge in [-0.2, -0.15) is 0 Å². The smallest absolute Gasteiger partial charge is 0.254 e. The predicted molar refractivity (Wildman–Crippen MR) is 103 cm³/mol. The molecule has 0 saturated heterocycles. The van der Waals surface area contributed by atoms with Crippen LogP contribution in [0.15, 0.2) is 41.1 Å². The van der Waals surface area contributed by atoms with E-state index in [1.165, 1.54) is 6.26 Å². The number of unbranched alkanes of at least 4 members (excludes halogenated alkanes) is 1. The second-order valence-electron chi connectivity index (χ2n) is 6.35. The maximum absolute atomic E-state index is 12.9. The van der Waals surface area contributed by atoms with Gasteiger partial charge in [-0.1, -0.05) is 25.4 Å². The van der Waals surface area contributed by atoms with E-state index in [1.54, 1.807) is 35.2 Å². The van der Waals surface area contributed by atoms with Crippen LogP contribution >= 0.6 is 0 Å². The topological polar surface area (TPSA) is 84.7 Å². The third-order valence-corrected chi connectivity index (χ3v) is 4.27. The summed E-state index contributed by atoms with van der Waals surface area (Å²) in [5, 5.41) is 6.27. The summed E-state index contributed by atoms with van der Waals surface area (Å²) in [4.78, 5) is 26.8. The van der Waals surface area contributed by atoms with Crippen LogP contribution in [0.25, 0.3) is 0 Å². The van der Waals surface area contributed by atoms with Gasteiger partial charge in [-0.3, -0.25) is 9.59 Å². The van der Waals surface area contributed by atoms with Crippen LogP contribution in [-0.2, 0) is 4.79 Å². The number of carbonyl (C=O) groups excluding carboxylic acids is 2. The van der Waals surface area contributed by atoms with Crippen LogP contribution in [-0.4, -0.2) is 41.1 Å². The van der Waals surface area contributed by atoms with Crippen LogP contribution in [0.5, 0.6) is 5.75 Å². The summed E-state index contributed by atoms with van der Waals surface area (Å²) >= 11 is 0. The van der Waals surface area contributed by atoms with Crippen molar-refractivity contribution in [2.45, 2.75) is 46.1 Å². The lowest BCUT2D eigenvalue weighted by molar-refractivity contribution is -0.117. The van der Waals surface area contributed by atoms with Crippen molar-refractivity contribution in [2.75, 3.05) is 18.5 Å². The zero-order valence-corrected chi connectivity index (χ0v) is 16.1. The number of hydrogen-bond donors (Lipinski definition) is 1. The molecule has 0 aliphatic carbocycles. The largest absolute Gasteiger partial charge is 0.494 e. The summed E-state index contributed by atoms with van der Waals surface area (Å²) in [6.07, 6.45) is 4.17. The molecular formula is C20H27N3O4. The number of carbonyl (C=O) groups is 2. The maximum Gasteiger partial charge on any atom is 0.254 e. The van der Waals surface area contributed by atoms with Crippen molar-refractivity contribution in [2.24, 2.45) is 0 Å². The Labute approximate surface area is 159 Å². The molecule has 0 unspecified atom stereocenters. The first-order valence-corrected chi connectivity index (χ1v) is 9.29. The van der Waals surface area contributed by atoms with Gasteiger partial charge in [0.1, 0.15) is 18.6 Å². The molecule has 7 heteroatoms. The third-order valence-electron chi connectivity index (χ3n) is 4.27. The average molecular weight is 373 g/mol. The molecule has 1 aromatic heterocycles. The van der Waals surface area contributed by atoms with E-state index in [9.17, 15) is 9.59 Å². The van der Waals surface area contributed by atoms with Gasteiger partial charge >= 0.3 is 0 Å². The Morgan fingerprint density at radius 1 is 1.22 bits per heavy atom. The van der Waals surface area contributed by atoms with Gasteiger partial charge in [-0.15, -0.1) is 0 Å². The maximum atomic E-state index is 12.9. The van der Waals surface area contributed by atoms with Crippen molar-refractivity contribution in [1.82, 2.24) is 10.1 Å². The summed E-state index contributed by atoms with van der Waals surface area (Å²) in [5.74, 6) is 0.542. The van der Waals surface area contributed by atoms with Gasteiger partial charge in [0.15, 0.2) is 5.82 Å². The highest BCUT2D eigenvalue weighted by atomic mass is 16.5. The van der Waals surface area contributed by atoms with Crippen LogP contribution in [0.4, 0.5) is 5.82 Å². The Bertz CT molecular complexity index is 713. The first-order valence-electron chi connectivity index (χ1n) is 9.29. The van der Waals surface area contributed by atoms with Gasteiger partial charge in [0.2, 0.25) is 5.91 Å². The fourth-order valence-electron chi connectivity index (χ4n) is 2.46. The van der Waals surface area contributed by atoms with E-state index in [0.29, 0.717) is 18.0 Å². The highest BCUT2D eigenvalue weighted by Crippen LogP contribution is 2.16. The first-order chi connectivity index (χ1) is 13.0. The number of nitrogens with zero attached hydrogens (tertiary/aromatic N) is 2. The van der Waals surface area contributed by atoms with E-state index >= 15 is 0 Å². The van der Waals surface area contributed by atoms with E-state index in [2.05, 4.69) is 17.4 Å². The SMILES string of the molecule is CCCCOc1ccc(C(=O)N(CC(=O)Nc2ccon2)[C@@H](C)CC)cc1. The highest BCUT2D eigenvalue weighted by molar-refractivity contribution is 5.99. The summed E-state index contributed by atoms with van der Waals surface area (Å²) in [7, 11) is 0. The molecule has 0 spiro atoms. The minimum absolute atomic E-state index is 0.0601. The minimum atomic E-state index is -0.322. The highest BCUT2D eigenvalue weighted by Gasteiger charge is 2.23. The lowest BCUT2D eigenvalue weighted by Gasteiger charge is -2.28. The van der Waals surface area contributed by atoms with Crippen molar-refractivity contribution in [3.63, 3.8) is 0 Å². The number of anilines is 1. The standard InChI is InChI=1S/C20H27N3O4/c1-4-6-12-26-17-9-7-16(8-10-17)20(25)23(15(3)5-2)14-19(24)21-18-11-13-27-22-18/h7-11,13,15H,4-6,12,14H2,1-3H3,(H,21,22,24)/t15-/m0/s1. The second-order valence-corrected chi connectivity index (χ2v) is 6.35. The lowest BCUT2D eigenvalue weighted by atomic mass is 10.1. The minimum Gasteiger partial charge on any atom is -0.494 e. The number of amides is 2. The molecule has 2 aromatic rings. The number of nitrogens with one attached hydrogen (secondary N) is 1. The molecule has 2 amide bonds. The van der Waals surface area contributed by atoms with Crippen LogP contribution in [0.1, 0.15) is 50.4 Å². The molecule has 0 aliphatic rings. The number of hydrogen-bond acceptors (Lipinski definition) is 5. The van der Waals surface area contributed by atoms with Crippen LogP contribution < -0.4 is 10.1 Å². The monoisotopic (exact) mass is 373 g/mol. The quantitative estimate of drug-likeness (QED) is 0.642. The summed E-state index contributed by atoms with van der Waals surface area (Å²) in [6.45, 7) is 6.60. The van der Waals surface area contributed by atoms with E-state index < -0.39 is 0 Å². The normalized spacial score (nSPS) is 11.7. The third kappa shape index (κ3) is 6.13. The molecule has 1 atom stereocenters. The number of ether oxygens (including phenoxy) is 1. The molecule has 27 heavy (non-hydrogen) atoms. The Morgan fingerprint density at radius 2 is 1.96 bits per heavy atom. The summed E-state index contributed by atoms with van der Waals surface area (Å²) in [6, 6.07) is 8.49. The van der Waals surface area contributed by atoms with Crippen molar-refractivity contribution < 1.29 is 18.8 Å².